The fourth-order valence-electron chi connectivity index (χ4n) is 1.12. The number of likely N-dealkylation sites (N-methyl/N-ethyl adjacent to an activating group) is 1. The standard InChI is InChI=1S/C11H24N2O2/c1-6-8(2)10(4)12-11(15)13(5)9(3)7-14/h8-10,14H,6-7H2,1-5H3,(H,12,15). The number of aliphatic hydroxyl groups is 1. The van der Waals surface area contributed by atoms with Gasteiger partial charge < -0.3 is 15.3 Å². The smallest absolute Gasteiger partial charge is 0.317 e. The zero-order chi connectivity index (χ0) is 12.0. The first-order chi connectivity index (χ1) is 6.93. The van der Waals surface area contributed by atoms with Crippen LogP contribution in [-0.4, -0.2) is 41.8 Å². The Labute approximate surface area is 92.7 Å². The molecule has 3 atom stereocenters. The first-order valence-electron chi connectivity index (χ1n) is 5.58. The van der Waals surface area contributed by atoms with Crippen molar-refractivity contribution in [2.75, 3.05) is 13.7 Å². The summed E-state index contributed by atoms with van der Waals surface area (Å²) in [6.07, 6.45) is 1.04. The van der Waals surface area contributed by atoms with Crippen LogP contribution in [0.1, 0.15) is 34.1 Å². The van der Waals surface area contributed by atoms with Crippen molar-refractivity contribution in [1.82, 2.24) is 10.2 Å². The number of hydrogen-bond donors (Lipinski definition) is 2. The molecule has 0 spiro atoms. The minimum Gasteiger partial charge on any atom is -0.394 e. The molecule has 4 heteroatoms. The summed E-state index contributed by atoms with van der Waals surface area (Å²) in [4.78, 5) is 13.2. The number of aliphatic hydroxyl groups excluding tert-OH is 1. The molecule has 0 aromatic carbocycles. The van der Waals surface area contributed by atoms with Gasteiger partial charge in [0, 0.05) is 13.1 Å². The number of nitrogens with one attached hydrogen (secondary N) is 1. The maximum atomic E-state index is 11.7. The van der Waals surface area contributed by atoms with E-state index in [1.54, 1.807) is 7.05 Å². The van der Waals surface area contributed by atoms with Crippen LogP contribution < -0.4 is 5.32 Å². The van der Waals surface area contributed by atoms with Crippen LogP contribution in [0.15, 0.2) is 0 Å². The normalized spacial score (nSPS) is 16.7. The van der Waals surface area contributed by atoms with Crippen LogP contribution in [0.3, 0.4) is 0 Å². The van der Waals surface area contributed by atoms with Gasteiger partial charge in [-0.05, 0) is 19.8 Å². The SMILES string of the molecule is CCC(C)C(C)NC(=O)N(C)C(C)CO. The minimum absolute atomic E-state index is 0.0123. The molecule has 0 fully saturated rings. The van der Waals surface area contributed by atoms with Crippen LogP contribution in [0.4, 0.5) is 4.79 Å². The van der Waals surface area contributed by atoms with Crippen LogP contribution in [0, 0.1) is 5.92 Å². The Hall–Kier alpha value is -0.770. The van der Waals surface area contributed by atoms with Gasteiger partial charge in [-0.15, -0.1) is 0 Å². The maximum absolute atomic E-state index is 11.7. The van der Waals surface area contributed by atoms with E-state index in [0.29, 0.717) is 5.92 Å². The average Bonchev–Trinajstić information content (AvgIpc) is 2.25. The van der Waals surface area contributed by atoms with Crippen molar-refractivity contribution in [3.05, 3.63) is 0 Å². The summed E-state index contributed by atoms with van der Waals surface area (Å²) in [6, 6.07) is -0.102. The highest BCUT2D eigenvalue weighted by Crippen LogP contribution is 2.07. The van der Waals surface area contributed by atoms with E-state index in [1.165, 1.54) is 4.90 Å². The number of carbonyl (C=O) groups excluding carboxylic acids is 1. The molecule has 0 bridgehead atoms. The molecule has 15 heavy (non-hydrogen) atoms. The van der Waals surface area contributed by atoms with Gasteiger partial charge in [0.15, 0.2) is 0 Å². The second kappa shape index (κ2) is 6.67. The third-order valence-electron chi connectivity index (χ3n) is 3.09. The van der Waals surface area contributed by atoms with Crippen molar-refractivity contribution >= 4 is 6.03 Å². The highest BCUT2D eigenvalue weighted by molar-refractivity contribution is 5.74. The Balaban J connectivity index is 4.12. The molecule has 90 valence electrons. The molecule has 0 aromatic heterocycles. The summed E-state index contributed by atoms with van der Waals surface area (Å²) in [6.45, 7) is 8.02. The largest absolute Gasteiger partial charge is 0.394 e. The molecule has 3 unspecified atom stereocenters. The third-order valence-corrected chi connectivity index (χ3v) is 3.09. The van der Waals surface area contributed by atoms with Crippen molar-refractivity contribution in [2.24, 2.45) is 5.92 Å². The lowest BCUT2D eigenvalue weighted by atomic mass is 10.0. The van der Waals surface area contributed by atoms with Gasteiger partial charge in [0.05, 0.1) is 12.6 Å². The Morgan fingerprint density at radius 3 is 2.33 bits per heavy atom. The van der Waals surface area contributed by atoms with Gasteiger partial charge in [0.2, 0.25) is 0 Å². The summed E-state index contributed by atoms with van der Waals surface area (Å²) < 4.78 is 0. The molecule has 4 nitrogen and oxygen atoms in total. The molecule has 0 aliphatic carbocycles. The fourth-order valence-corrected chi connectivity index (χ4v) is 1.12. The van der Waals surface area contributed by atoms with Crippen molar-refractivity contribution < 1.29 is 9.90 Å². The molecule has 2 amide bonds. The van der Waals surface area contributed by atoms with Crippen LogP contribution in [0.5, 0.6) is 0 Å². The van der Waals surface area contributed by atoms with E-state index in [4.69, 9.17) is 5.11 Å². The first-order valence-corrected chi connectivity index (χ1v) is 5.58. The molecule has 0 radical (unpaired) electrons. The summed E-state index contributed by atoms with van der Waals surface area (Å²) in [5.41, 5.74) is 0. The zero-order valence-electron chi connectivity index (χ0n) is 10.4. The Morgan fingerprint density at radius 1 is 1.40 bits per heavy atom. The number of amides is 2. The fraction of sp³-hybridized carbons (Fsp3) is 0.909. The predicted molar refractivity (Wildman–Crippen MR) is 61.8 cm³/mol. The number of hydrogen-bond acceptors (Lipinski definition) is 2. The van der Waals surface area contributed by atoms with Crippen molar-refractivity contribution in [3.8, 4) is 0 Å². The van der Waals surface area contributed by atoms with Gasteiger partial charge in [0.25, 0.3) is 0 Å². The van der Waals surface area contributed by atoms with Crippen molar-refractivity contribution in [3.63, 3.8) is 0 Å². The summed E-state index contributed by atoms with van der Waals surface area (Å²) in [7, 11) is 1.69. The number of carbonyl (C=O) groups is 1. The molecule has 0 rings (SSSR count). The number of nitrogens with zero attached hydrogens (tertiary/aromatic N) is 1. The van der Waals surface area contributed by atoms with E-state index >= 15 is 0 Å². The van der Waals surface area contributed by atoms with Gasteiger partial charge in [0.1, 0.15) is 0 Å². The van der Waals surface area contributed by atoms with Crippen LogP contribution >= 0.6 is 0 Å². The quantitative estimate of drug-likeness (QED) is 0.730. The summed E-state index contributed by atoms with van der Waals surface area (Å²) >= 11 is 0. The third kappa shape index (κ3) is 4.51. The molecule has 2 N–H and O–H groups in total. The van der Waals surface area contributed by atoms with Crippen molar-refractivity contribution in [1.29, 1.82) is 0 Å². The minimum atomic E-state index is -0.144. The van der Waals surface area contributed by atoms with Crippen molar-refractivity contribution in [2.45, 2.75) is 46.2 Å². The Kier molecular flexibility index (Phi) is 6.32. The monoisotopic (exact) mass is 216 g/mol. The molecular formula is C11H24N2O2. The summed E-state index contributed by atoms with van der Waals surface area (Å²) in [5.74, 6) is 0.465. The van der Waals surface area contributed by atoms with Gasteiger partial charge in [-0.3, -0.25) is 0 Å². The molecule has 0 saturated carbocycles. The van der Waals surface area contributed by atoms with E-state index in [1.807, 2.05) is 13.8 Å². The molecule has 0 saturated heterocycles. The van der Waals surface area contributed by atoms with E-state index in [9.17, 15) is 4.79 Å². The number of rotatable bonds is 5. The zero-order valence-corrected chi connectivity index (χ0v) is 10.4. The maximum Gasteiger partial charge on any atom is 0.317 e. The van der Waals surface area contributed by atoms with Gasteiger partial charge >= 0.3 is 6.03 Å². The lowest BCUT2D eigenvalue weighted by molar-refractivity contribution is 0.153. The highest BCUT2D eigenvalue weighted by atomic mass is 16.3. The van der Waals surface area contributed by atoms with E-state index in [2.05, 4.69) is 19.2 Å². The average molecular weight is 216 g/mol. The highest BCUT2D eigenvalue weighted by Gasteiger charge is 2.18. The first kappa shape index (κ1) is 14.2. The molecule has 0 heterocycles. The predicted octanol–water partition coefficient (Wildman–Crippen LogP) is 1.44. The lowest BCUT2D eigenvalue weighted by Gasteiger charge is -2.27. The Morgan fingerprint density at radius 2 is 1.93 bits per heavy atom. The van der Waals surface area contributed by atoms with Gasteiger partial charge in [-0.2, -0.15) is 0 Å². The topological polar surface area (TPSA) is 52.6 Å². The lowest BCUT2D eigenvalue weighted by Crippen LogP contribution is -2.48. The van der Waals surface area contributed by atoms with Gasteiger partial charge in [-0.25, -0.2) is 4.79 Å². The van der Waals surface area contributed by atoms with Crippen LogP contribution in [0.25, 0.3) is 0 Å². The molecule has 0 aromatic rings. The molecule has 0 aliphatic rings. The number of urea groups is 1. The van der Waals surface area contributed by atoms with E-state index < -0.39 is 0 Å². The van der Waals surface area contributed by atoms with E-state index in [0.717, 1.165) is 6.42 Å². The van der Waals surface area contributed by atoms with Crippen LogP contribution in [0.2, 0.25) is 0 Å². The second-order valence-corrected chi connectivity index (χ2v) is 4.27. The van der Waals surface area contributed by atoms with E-state index in [-0.39, 0.29) is 24.7 Å². The molecule has 0 aliphatic heterocycles. The molecular weight excluding hydrogens is 192 g/mol. The van der Waals surface area contributed by atoms with Gasteiger partial charge in [-0.1, -0.05) is 20.3 Å². The van der Waals surface area contributed by atoms with Crippen LogP contribution in [-0.2, 0) is 0 Å². The Bertz CT molecular complexity index is 197. The summed E-state index contributed by atoms with van der Waals surface area (Å²) in [5, 5.41) is 11.8. The second-order valence-electron chi connectivity index (χ2n) is 4.27.